The SMILES string of the molecule is COc1ccc(C(=O)N2CCc3ccc(NC(=O)c4ccc(OC)c(C)c4)cc32)cc1. The van der Waals surface area contributed by atoms with Gasteiger partial charge < -0.3 is 19.7 Å². The Kier molecular flexibility index (Phi) is 5.62. The minimum Gasteiger partial charge on any atom is -0.497 e. The van der Waals surface area contributed by atoms with Crippen LogP contribution in [0, 0.1) is 6.92 Å². The van der Waals surface area contributed by atoms with Crippen LogP contribution in [0.4, 0.5) is 11.4 Å². The van der Waals surface area contributed by atoms with Crippen molar-refractivity contribution in [1.29, 1.82) is 0 Å². The molecule has 0 fully saturated rings. The molecule has 0 bridgehead atoms. The van der Waals surface area contributed by atoms with E-state index in [1.54, 1.807) is 61.6 Å². The first-order chi connectivity index (χ1) is 15.0. The zero-order valence-corrected chi connectivity index (χ0v) is 17.8. The summed E-state index contributed by atoms with van der Waals surface area (Å²) in [5.41, 5.74) is 4.58. The quantitative estimate of drug-likeness (QED) is 0.667. The van der Waals surface area contributed by atoms with E-state index in [9.17, 15) is 9.59 Å². The Morgan fingerprint density at radius 3 is 2.32 bits per heavy atom. The first-order valence-corrected chi connectivity index (χ1v) is 10.0. The number of carbonyl (C=O) groups excluding carboxylic acids is 2. The molecule has 0 aliphatic carbocycles. The molecule has 2 amide bonds. The van der Waals surface area contributed by atoms with Crippen LogP contribution in [0.2, 0.25) is 0 Å². The number of nitrogens with one attached hydrogen (secondary N) is 1. The van der Waals surface area contributed by atoms with Crippen LogP contribution >= 0.6 is 0 Å². The van der Waals surface area contributed by atoms with Crippen molar-refractivity contribution in [2.75, 3.05) is 31.0 Å². The molecule has 1 heterocycles. The smallest absolute Gasteiger partial charge is 0.258 e. The fourth-order valence-corrected chi connectivity index (χ4v) is 3.78. The highest BCUT2D eigenvalue weighted by molar-refractivity contribution is 6.08. The van der Waals surface area contributed by atoms with E-state index in [4.69, 9.17) is 9.47 Å². The molecule has 6 heteroatoms. The number of ether oxygens (including phenoxy) is 2. The lowest BCUT2D eigenvalue weighted by Crippen LogP contribution is -2.28. The van der Waals surface area contributed by atoms with Crippen molar-refractivity contribution >= 4 is 23.2 Å². The van der Waals surface area contributed by atoms with Crippen molar-refractivity contribution in [3.63, 3.8) is 0 Å². The predicted octanol–water partition coefficient (Wildman–Crippen LogP) is 4.47. The van der Waals surface area contributed by atoms with Gasteiger partial charge in [-0.1, -0.05) is 6.07 Å². The molecule has 0 saturated carbocycles. The fourth-order valence-electron chi connectivity index (χ4n) is 3.78. The third-order valence-electron chi connectivity index (χ3n) is 5.48. The van der Waals surface area contributed by atoms with Gasteiger partial charge in [-0.15, -0.1) is 0 Å². The molecule has 3 aromatic rings. The first kappa shape index (κ1) is 20.5. The van der Waals surface area contributed by atoms with Crippen LogP contribution in [-0.4, -0.2) is 32.6 Å². The van der Waals surface area contributed by atoms with Gasteiger partial charge >= 0.3 is 0 Å². The molecule has 0 spiro atoms. The lowest BCUT2D eigenvalue weighted by Gasteiger charge is -2.18. The summed E-state index contributed by atoms with van der Waals surface area (Å²) in [6.45, 7) is 2.50. The van der Waals surface area contributed by atoms with Crippen molar-refractivity contribution in [3.05, 3.63) is 82.9 Å². The zero-order valence-electron chi connectivity index (χ0n) is 17.8. The standard InChI is InChI=1S/C25H24N2O4/c1-16-14-19(7-11-23(16)31-3)24(28)26-20-8-4-17-12-13-27(22(17)15-20)25(29)18-5-9-21(30-2)10-6-18/h4-11,14-15H,12-13H2,1-3H3,(H,26,28). The molecule has 0 radical (unpaired) electrons. The number of anilines is 2. The van der Waals surface area contributed by atoms with E-state index >= 15 is 0 Å². The van der Waals surface area contributed by atoms with Crippen molar-refractivity contribution < 1.29 is 19.1 Å². The summed E-state index contributed by atoms with van der Waals surface area (Å²) in [5.74, 6) is 1.16. The summed E-state index contributed by atoms with van der Waals surface area (Å²) in [4.78, 5) is 27.5. The number of benzene rings is 3. The fraction of sp³-hybridized carbons (Fsp3) is 0.200. The van der Waals surface area contributed by atoms with Crippen LogP contribution < -0.4 is 19.7 Å². The molecule has 31 heavy (non-hydrogen) atoms. The average Bonchev–Trinajstić information content (AvgIpc) is 3.21. The van der Waals surface area contributed by atoms with E-state index in [2.05, 4.69) is 5.32 Å². The number of hydrogen-bond donors (Lipinski definition) is 1. The molecule has 1 aliphatic heterocycles. The van der Waals surface area contributed by atoms with Crippen LogP contribution in [0.3, 0.4) is 0 Å². The summed E-state index contributed by atoms with van der Waals surface area (Å²) in [5, 5.41) is 2.93. The molecular formula is C25H24N2O4. The largest absolute Gasteiger partial charge is 0.497 e. The maximum atomic E-state index is 13.0. The Bertz CT molecular complexity index is 1140. The van der Waals surface area contributed by atoms with Crippen LogP contribution in [0.15, 0.2) is 60.7 Å². The van der Waals surface area contributed by atoms with Crippen LogP contribution in [0.1, 0.15) is 31.8 Å². The predicted molar refractivity (Wildman–Crippen MR) is 121 cm³/mol. The highest BCUT2D eigenvalue weighted by Crippen LogP contribution is 2.32. The van der Waals surface area contributed by atoms with Gasteiger partial charge in [0.15, 0.2) is 0 Å². The number of methoxy groups -OCH3 is 2. The number of fused-ring (bicyclic) bond motifs is 1. The van der Waals surface area contributed by atoms with Gasteiger partial charge in [-0.3, -0.25) is 9.59 Å². The topological polar surface area (TPSA) is 67.9 Å². The van der Waals surface area contributed by atoms with Gasteiger partial charge in [0.25, 0.3) is 11.8 Å². The van der Waals surface area contributed by atoms with E-state index in [1.807, 2.05) is 25.1 Å². The number of rotatable bonds is 5. The maximum Gasteiger partial charge on any atom is 0.258 e. The third kappa shape index (κ3) is 4.10. The minimum atomic E-state index is -0.211. The normalized spacial score (nSPS) is 12.3. The Hall–Kier alpha value is -3.80. The molecule has 0 saturated heterocycles. The second-order valence-corrected chi connectivity index (χ2v) is 7.42. The van der Waals surface area contributed by atoms with Gasteiger partial charge in [0, 0.05) is 29.0 Å². The van der Waals surface area contributed by atoms with E-state index in [0.29, 0.717) is 29.1 Å². The van der Waals surface area contributed by atoms with E-state index in [-0.39, 0.29) is 11.8 Å². The van der Waals surface area contributed by atoms with Crippen molar-refractivity contribution in [2.45, 2.75) is 13.3 Å². The molecule has 158 valence electrons. The van der Waals surface area contributed by atoms with Crippen LogP contribution in [-0.2, 0) is 6.42 Å². The molecule has 0 atom stereocenters. The molecule has 6 nitrogen and oxygen atoms in total. The second-order valence-electron chi connectivity index (χ2n) is 7.42. The lowest BCUT2D eigenvalue weighted by atomic mass is 10.1. The maximum absolute atomic E-state index is 13.0. The van der Waals surface area contributed by atoms with Gasteiger partial charge in [-0.05, 0) is 79.1 Å². The lowest BCUT2D eigenvalue weighted by molar-refractivity contribution is 0.0988. The molecule has 1 aliphatic rings. The summed E-state index contributed by atoms with van der Waals surface area (Å²) in [7, 11) is 3.20. The Morgan fingerprint density at radius 2 is 1.65 bits per heavy atom. The van der Waals surface area contributed by atoms with Crippen molar-refractivity contribution in [3.8, 4) is 11.5 Å². The number of carbonyl (C=O) groups is 2. The Labute approximate surface area is 181 Å². The van der Waals surface area contributed by atoms with Crippen LogP contribution in [0.5, 0.6) is 11.5 Å². The summed E-state index contributed by atoms with van der Waals surface area (Å²) < 4.78 is 10.4. The second kappa shape index (κ2) is 8.52. The van der Waals surface area contributed by atoms with Crippen molar-refractivity contribution in [1.82, 2.24) is 0 Å². The highest BCUT2D eigenvalue weighted by atomic mass is 16.5. The zero-order chi connectivity index (χ0) is 22.0. The van der Waals surface area contributed by atoms with E-state index < -0.39 is 0 Å². The van der Waals surface area contributed by atoms with Gasteiger partial charge in [0.1, 0.15) is 11.5 Å². The summed E-state index contributed by atoms with van der Waals surface area (Å²) in [6, 6.07) is 18.1. The Balaban J connectivity index is 1.54. The number of amides is 2. The van der Waals surface area contributed by atoms with Gasteiger partial charge in [0.05, 0.1) is 14.2 Å². The monoisotopic (exact) mass is 416 g/mol. The minimum absolute atomic E-state index is 0.0735. The molecule has 3 aromatic carbocycles. The molecule has 0 aromatic heterocycles. The summed E-state index contributed by atoms with van der Waals surface area (Å²) >= 11 is 0. The van der Waals surface area contributed by atoms with Crippen LogP contribution in [0.25, 0.3) is 0 Å². The van der Waals surface area contributed by atoms with Gasteiger partial charge in [-0.25, -0.2) is 0 Å². The number of hydrogen-bond acceptors (Lipinski definition) is 4. The van der Waals surface area contributed by atoms with Gasteiger partial charge in [-0.2, -0.15) is 0 Å². The molecular weight excluding hydrogens is 392 g/mol. The Morgan fingerprint density at radius 1 is 0.903 bits per heavy atom. The molecule has 0 unspecified atom stereocenters. The van der Waals surface area contributed by atoms with E-state index in [0.717, 1.165) is 29.0 Å². The highest BCUT2D eigenvalue weighted by Gasteiger charge is 2.26. The van der Waals surface area contributed by atoms with E-state index in [1.165, 1.54) is 0 Å². The average molecular weight is 416 g/mol. The molecule has 1 N–H and O–H groups in total. The number of aryl methyl sites for hydroxylation is 1. The summed E-state index contributed by atoms with van der Waals surface area (Å²) in [6.07, 6.45) is 0.781. The van der Waals surface area contributed by atoms with Crippen molar-refractivity contribution in [2.24, 2.45) is 0 Å². The van der Waals surface area contributed by atoms with Gasteiger partial charge in [0.2, 0.25) is 0 Å². The molecule has 4 rings (SSSR count). The number of nitrogens with zero attached hydrogens (tertiary/aromatic N) is 1. The third-order valence-corrected chi connectivity index (χ3v) is 5.48. The first-order valence-electron chi connectivity index (χ1n) is 10.0.